The van der Waals surface area contributed by atoms with E-state index in [0.29, 0.717) is 49.2 Å². The van der Waals surface area contributed by atoms with Gasteiger partial charge in [-0.25, -0.2) is 4.98 Å². The Morgan fingerprint density at radius 1 is 0.985 bits per heavy atom. The fourth-order valence-electron chi connectivity index (χ4n) is 8.33. The SMILES string of the molecule is CC(=O)N[C@H](C(=O)N1C[C@H](O)C[C@H]1C(=O)NCc1ccc(-c2scnc2C)cc1)C(C)(C)SCCCOCCCNC(=O)C[C@@H]1N=C(c2ccc(Cl)cc2)c2c(sc(C)c2C)-n2c(C)nnc21. The molecule has 0 aliphatic carbocycles. The number of carbonyl (C=O) groups is 4. The van der Waals surface area contributed by atoms with Crippen LogP contribution in [0.3, 0.4) is 0 Å². The lowest BCUT2D eigenvalue weighted by Gasteiger charge is -2.37. The first-order valence-electron chi connectivity index (χ1n) is 22.4. The molecule has 0 spiro atoms. The number of hydrogen-bond acceptors (Lipinski definition) is 13. The summed E-state index contributed by atoms with van der Waals surface area (Å²) in [6.45, 7) is 14.8. The van der Waals surface area contributed by atoms with Crippen LogP contribution in [0.2, 0.25) is 5.02 Å². The number of aliphatic hydroxyl groups excluding tert-OH is 1. The number of fused-ring (bicyclic) bond motifs is 3. The first-order valence-corrected chi connectivity index (χ1v) is 25.5. The van der Waals surface area contributed by atoms with E-state index in [-0.39, 0.29) is 43.7 Å². The van der Waals surface area contributed by atoms with Crippen molar-refractivity contribution in [2.24, 2.45) is 4.99 Å². The molecule has 5 aromatic rings. The number of likely N-dealkylation sites (tertiary alicyclic amines) is 1. The van der Waals surface area contributed by atoms with Crippen molar-refractivity contribution in [1.29, 1.82) is 0 Å². The molecular weight excluding hydrogens is 930 g/mol. The van der Waals surface area contributed by atoms with Crippen LogP contribution >= 0.6 is 46.0 Å². The van der Waals surface area contributed by atoms with Gasteiger partial charge < -0.3 is 30.7 Å². The van der Waals surface area contributed by atoms with E-state index in [1.165, 1.54) is 28.5 Å². The normalized spacial score (nSPS) is 17.3. The van der Waals surface area contributed by atoms with E-state index in [1.54, 1.807) is 22.7 Å². The second-order valence-electron chi connectivity index (χ2n) is 17.4. The Balaban J connectivity index is 0.862. The van der Waals surface area contributed by atoms with Crippen LogP contribution in [0.1, 0.15) is 97.0 Å². The Kier molecular flexibility index (Phi) is 16.4. The van der Waals surface area contributed by atoms with Crippen molar-refractivity contribution in [2.75, 3.05) is 32.1 Å². The minimum atomic E-state index is -0.947. The van der Waals surface area contributed by atoms with Crippen molar-refractivity contribution in [3.8, 4) is 15.4 Å². The highest BCUT2D eigenvalue weighted by atomic mass is 35.5. The van der Waals surface area contributed by atoms with E-state index < -0.39 is 34.9 Å². The molecule has 2 aromatic carbocycles. The fraction of sp³-hybridized carbons (Fsp3) is 0.458. The Morgan fingerprint density at radius 3 is 2.40 bits per heavy atom. The largest absolute Gasteiger partial charge is 0.391 e. The van der Waals surface area contributed by atoms with Crippen molar-refractivity contribution >= 4 is 75.4 Å². The maximum absolute atomic E-state index is 14.2. The van der Waals surface area contributed by atoms with Gasteiger partial charge in [0.25, 0.3) is 0 Å². The van der Waals surface area contributed by atoms with Crippen molar-refractivity contribution in [1.82, 2.24) is 40.6 Å². The Bertz CT molecular complexity index is 2610. The molecular formula is C48H58ClN9O6S3. The third-order valence-electron chi connectivity index (χ3n) is 12.0. The number of rotatable bonds is 19. The van der Waals surface area contributed by atoms with Gasteiger partial charge in [0.15, 0.2) is 5.82 Å². The molecule has 356 valence electrons. The van der Waals surface area contributed by atoms with Crippen LogP contribution in [0, 0.1) is 27.7 Å². The molecule has 0 bridgehead atoms. The number of thioether (sulfide) groups is 1. The third-order valence-corrected chi connectivity index (χ3v) is 15.9. The number of carbonyl (C=O) groups excluding carboxylic acids is 4. The van der Waals surface area contributed by atoms with Crippen molar-refractivity contribution in [3.63, 3.8) is 0 Å². The Hall–Kier alpha value is -4.98. The van der Waals surface area contributed by atoms with Gasteiger partial charge in [0.05, 0.1) is 34.3 Å². The number of aliphatic hydroxyl groups is 1. The summed E-state index contributed by atoms with van der Waals surface area (Å²) in [7, 11) is 0. The molecule has 67 heavy (non-hydrogen) atoms. The van der Waals surface area contributed by atoms with Crippen LogP contribution < -0.4 is 16.0 Å². The first-order chi connectivity index (χ1) is 32.0. The molecule has 4 atom stereocenters. The molecule has 5 heterocycles. The Morgan fingerprint density at radius 2 is 1.70 bits per heavy atom. The number of hydrogen-bond donors (Lipinski definition) is 4. The number of aromatic nitrogens is 4. The number of nitrogens with zero attached hydrogens (tertiary/aromatic N) is 6. The van der Waals surface area contributed by atoms with Crippen LogP contribution in [-0.4, -0.2) is 114 Å². The summed E-state index contributed by atoms with van der Waals surface area (Å²) >= 11 is 11.0. The van der Waals surface area contributed by atoms with E-state index in [9.17, 15) is 24.3 Å². The topological polar surface area (TPSA) is 193 Å². The summed E-state index contributed by atoms with van der Waals surface area (Å²) in [4.78, 5) is 66.7. The molecule has 2 aliphatic rings. The maximum Gasteiger partial charge on any atom is 0.247 e. The highest BCUT2D eigenvalue weighted by Gasteiger charge is 2.46. The number of β-amino-alcohol motifs (C(OH)–C–C–N with tert-alkyl or cyclic N) is 1. The van der Waals surface area contributed by atoms with Gasteiger partial charge >= 0.3 is 0 Å². The molecule has 19 heteroatoms. The minimum absolute atomic E-state index is 0.0110. The van der Waals surface area contributed by atoms with Gasteiger partial charge in [-0.15, -0.1) is 32.9 Å². The number of aliphatic imine (C=N–C) groups is 1. The molecule has 1 fully saturated rings. The number of halogens is 1. The summed E-state index contributed by atoms with van der Waals surface area (Å²) in [5, 5.41) is 29.9. The molecule has 0 saturated carbocycles. The lowest BCUT2D eigenvalue weighted by Crippen LogP contribution is -2.59. The number of amides is 4. The van der Waals surface area contributed by atoms with Gasteiger partial charge in [0, 0.05) is 72.0 Å². The zero-order valence-electron chi connectivity index (χ0n) is 38.9. The van der Waals surface area contributed by atoms with Gasteiger partial charge in [-0.3, -0.25) is 28.7 Å². The molecule has 4 amide bonds. The third kappa shape index (κ3) is 11.8. The quantitative estimate of drug-likeness (QED) is 0.0638. The van der Waals surface area contributed by atoms with Gasteiger partial charge in [0.2, 0.25) is 23.6 Å². The van der Waals surface area contributed by atoms with E-state index >= 15 is 0 Å². The smallest absolute Gasteiger partial charge is 0.247 e. The number of benzene rings is 2. The predicted molar refractivity (Wildman–Crippen MR) is 265 cm³/mol. The molecule has 0 radical (unpaired) electrons. The second-order valence-corrected chi connectivity index (χ2v) is 21.7. The van der Waals surface area contributed by atoms with Gasteiger partial charge in [-0.1, -0.05) is 48.0 Å². The van der Waals surface area contributed by atoms with E-state index in [4.69, 9.17) is 21.3 Å². The average molecular weight is 989 g/mol. The van der Waals surface area contributed by atoms with Gasteiger partial charge in [-0.2, -0.15) is 11.8 Å². The summed E-state index contributed by atoms with van der Waals surface area (Å²) in [5.74, 6) is 0.674. The fourth-order valence-corrected chi connectivity index (χ4v) is 11.6. The molecule has 0 unspecified atom stereocenters. The van der Waals surface area contributed by atoms with Crippen LogP contribution in [0.4, 0.5) is 0 Å². The number of nitrogens with one attached hydrogen (secondary N) is 3. The van der Waals surface area contributed by atoms with Crippen LogP contribution in [0.15, 0.2) is 59.0 Å². The first kappa shape index (κ1) is 49.9. The summed E-state index contributed by atoms with van der Waals surface area (Å²) < 4.78 is 7.19. The lowest BCUT2D eigenvalue weighted by atomic mass is 9.99. The standard InChI is InChI=1S/C48H58ClN9O6S3/c1-27-29(3)67-47-40(27)41(33-14-16-35(49)17-15-33)54-37(44-56-55-30(4)58(44)47)23-39(61)50-18-8-19-64-20-9-21-66-48(6,7)43(53-31(5)59)46(63)57-25-36(60)22-38(57)45(62)51-24-32-10-12-34(13-11-32)42-28(2)52-26-65-42/h10-17,26,36-38,43,60H,8-9,18-25H2,1-7H3,(H,50,61)(H,51,62)(H,53,59)/t36-,37+,38+,43-/m1/s1. The molecule has 1 saturated heterocycles. The van der Waals surface area contributed by atoms with Gasteiger partial charge in [-0.05, 0) is 89.0 Å². The number of aryl methyl sites for hydroxylation is 3. The number of thiazole rings is 1. The highest BCUT2D eigenvalue weighted by Crippen LogP contribution is 2.40. The monoisotopic (exact) mass is 987 g/mol. The van der Waals surface area contributed by atoms with Crippen molar-refractivity contribution < 1.29 is 29.0 Å². The second kappa shape index (κ2) is 22.0. The predicted octanol–water partition coefficient (Wildman–Crippen LogP) is 6.83. The molecule has 15 nitrogen and oxygen atoms in total. The Labute approximate surface area is 408 Å². The molecule has 2 aliphatic heterocycles. The van der Waals surface area contributed by atoms with Crippen LogP contribution in [0.25, 0.3) is 15.4 Å². The van der Waals surface area contributed by atoms with Crippen molar-refractivity contribution in [3.05, 3.63) is 104 Å². The summed E-state index contributed by atoms with van der Waals surface area (Å²) in [6.07, 6.45) is 0.605. The van der Waals surface area contributed by atoms with Crippen LogP contribution in [0.5, 0.6) is 0 Å². The maximum atomic E-state index is 14.2. The number of thiophene rings is 1. The van der Waals surface area contributed by atoms with E-state index in [1.807, 2.05) is 86.3 Å². The minimum Gasteiger partial charge on any atom is -0.391 e. The van der Waals surface area contributed by atoms with Crippen LogP contribution in [-0.2, 0) is 30.5 Å². The summed E-state index contributed by atoms with van der Waals surface area (Å²) in [5.41, 5.74) is 8.55. The zero-order valence-corrected chi connectivity index (χ0v) is 42.1. The number of ether oxygens (including phenoxy) is 1. The average Bonchev–Trinajstić information content (AvgIpc) is 4.06. The molecule has 4 N–H and O–H groups in total. The van der Waals surface area contributed by atoms with E-state index in [0.717, 1.165) is 54.9 Å². The van der Waals surface area contributed by atoms with Gasteiger partial charge in [0.1, 0.15) is 29.0 Å². The van der Waals surface area contributed by atoms with Crippen molar-refractivity contribution in [2.45, 2.75) is 110 Å². The van der Waals surface area contributed by atoms with E-state index in [2.05, 4.69) is 45.0 Å². The highest BCUT2D eigenvalue weighted by molar-refractivity contribution is 8.00. The lowest BCUT2D eigenvalue weighted by molar-refractivity contribution is -0.142. The molecule has 7 rings (SSSR count). The zero-order chi connectivity index (χ0) is 48.0. The molecule has 3 aromatic heterocycles. The summed E-state index contributed by atoms with van der Waals surface area (Å²) in [6, 6.07) is 13.1.